The molecule has 0 amide bonds. The molecule has 3 aromatic rings. The molecule has 0 aliphatic carbocycles. The number of nitrogens with one attached hydrogen (secondary N) is 1. The Balaban J connectivity index is 1.24. The SMILES string of the molecule is FC(F)(F)c1cnc(NCC2CCN(c3nc(N4CCOCC4)cc4ncccc34)CC2)nc1. The van der Waals surface area contributed by atoms with Crippen LogP contribution in [0.15, 0.2) is 36.8 Å². The Labute approximate surface area is 195 Å². The third-order valence-corrected chi connectivity index (χ3v) is 6.34. The quantitative estimate of drug-likeness (QED) is 0.602. The molecule has 0 spiro atoms. The maximum Gasteiger partial charge on any atom is 0.419 e. The first-order valence-corrected chi connectivity index (χ1v) is 11.4. The summed E-state index contributed by atoms with van der Waals surface area (Å²) in [4.78, 5) is 21.7. The van der Waals surface area contributed by atoms with Crippen LogP contribution in [0.25, 0.3) is 10.9 Å². The molecule has 11 heteroatoms. The van der Waals surface area contributed by atoms with Crippen LogP contribution in [0.2, 0.25) is 0 Å². The largest absolute Gasteiger partial charge is 0.419 e. The highest BCUT2D eigenvalue weighted by Gasteiger charge is 2.31. The van der Waals surface area contributed by atoms with Gasteiger partial charge in [-0.3, -0.25) is 4.98 Å². The van der Waals surface area contributed by atoms with E-state index in [2.05, 4.69) is 36.1 Å². The van der Waals surface area contributed by atoms with Crippen molar-refractivity contribution in [1.29, 1.82) is 0 Å². The first-order valence-electron chi connectivity index (χ1n) is 11.4. The number of rotatable bonds is 5. The number of halogens is 3. The number of hydrogen-bond donors (Lipinski definition) is 1. The van der Waals surface area contributed by atoms with Crippen LogP contribution in [0, 0.1) is 5.92 Å². The lowest BCUT2D eigenvalue weighted by Crippen LogP contribution is -2.38. The van der Waals surface area contributed by atoms with Crippen LogP contribution in [0.1, 0.15) is 18.4 Å². The zero-order valence-electron chi connectivity index (χ0n) is 18.6. The highest BCUT2D eigenvalue weighted by Crippen LogP contribution is 2.31. The molecule has 0 saturated carbocycles. The van der Waals surface area contributed by atoms with Gasteiger partial charge in [-0.25, -0.2) is 15.0 Å². The zero-order chi connectivity index (χ0) is 23.5. The molecule has 2 fully saturated rings. The van der Waals surface area contributed by atoms with Gasteiger partial charge in [0.2, 0.25) is 5.95 Å². The summed E-state index contributed by atoms with van der Waals surface area (Å²) in [6, 6.07) is 6.04. The zero-order valence-corrected chi connectivity index (χ0v) is 18.6. The molecule has 1 N–H and O–H groups in total. The van der Waals surface area contributed by atoms with Crippen molar-refractivity contribution in [2.75, 3.05) is 61.1 Å². The molecule has 0 radical (unpaired) electrons. The summed E-state index contributed by atoms with van der Waals surface area (Å²) >= 11 is 0. The smallest absolute Gasteiger partial charge is 0.378 e. The van der Waals surface area contributed by atoms with Gasteiger partial charge in [-0.15, -0.1) is 0 Å². The minimum absolute atomic E-state index is 0.215. The Bertz CT molecular complexity index is 1110. The van der Waals surface area contributed by atoms with Gasteiger partial charge in [0, 0.05) is 62.8 Å². The summed E-state index contributed by atoms with van der Waals surface area (Å²) in [5.74, 6) is 2.46. The Kier molecular flexibility index (Phi) is 6.36. The molecule has 34 heavy (non-hydrogen) atoms. The molecule has 8 nitrogen and oxygen atoms in total. The summed E-state index contributed by atoms with van der Waals surface area (Å²) in [7, 11) is 0. The third-order valence-electron chi connectivity index (χ3n) is 6.34. The highest BCUT2D eigenvalue weighted by molar-refractivity contribution is 5.91. The minimum Gasteiger partial charge on any atom is -0.378 e. The van der Waals surface area contributed by atoms with Crippen LogP contribution in [0.3, 0.4) is 0 Å². The van der Waals surface area contributed by atoms with E-state index in [4.69, 9.17) is 9.72 Å². The molecule has 5 rings (SSSR count). The van der Waals surface area contributed by atoms with Gasteiger partial charge in [0.05, 0.1) is 24.3 Å². The molecule has 2 aliphatic rings. The number of anilines is 3. The molecule has 0 atom stereocenters. The number of piperidine rings is 1. The summed E-state index contributed by atoms with van der Waals surface area (Å²) in [5, 5.41) is 4.11. The fourth-order valence-corrected chi connectivity index (χ4v) is 4.39. The predicted octanol–water partition coefficient (Wildman–Crippen LogP) is 3.60. The van der Waals surface area contributed by atoms with E-state index in [0.29, 0.717) is 25.7 Å². The molecule has 2 saturated heterocycles. The maximum atomic E-state index is 12.7. The normalized spacial score (nSPS) is 17.9. The first-order chi connectivity index (χ1) is 16.5. The van der Waals surface area contributed by atoms with Crippen LogP contribution in [-0.4, -0.2) is 65.9 Å². The summed E-state index contributed by atoms with van der Waals surface area (Å²) in [6.45, 7) is 5.29. The van der Waals surface area contributed by atoms with Gasteiger partial charge in [0.15, 0.2) is 0 Å². The Morgan fingerprint density at radius 3 is 2.44 bits per heavy atom. The Hall–Kier alpha value is -3.21. The van der Waals surface area contributed by atoms with Crippen LogP contribution in [-0.2, 0) is 10.9 Å². The van der Waals surface area contributed by atoms with E-state index in [1.165, 1.54) is 0 Å². The molecular weight excluding hydrogens is 447 g/mol. The van der Waals surface area contributed by atoms with Crippen molar-refractivity contribution >= 4 is 28.5 Å². The van der Waals surface area contributed by atoms with Crippen molar-refractivity contribution < 1.29 is 17.9 Å². The number of pyridine rings is 2. The van der Waals surface area contributed by atoms with E-state index in [0.717, 1.165) is 74.0 Å². The lowest BCUT2D eigenvalue weighted by atomic mass is 9.96. The number of ether oxygens (including phenoxy) is 1. The van der Waals surface area contributed by atoms with Crippen molar-refractivity contribution in [2.24, 2.45) is 5.92 Å². The summed E-state index contributed by atoms with van der Waals surface area (Å²) < 4.78 is 43.5. The second kappa shape index (κ2) is 9.57. The number of aromatic nitrogens is 4. The number of morpholine rings is 1. The van der Waals surface area contributed by atoms with Crippen LogP contribution < -0.4 is 15.1 Å². The fraction of sp³-hybridized carbons (Fsp3) is 0.478. The molecule has 180 valence electrons. The van der Waals surface area contributed by atoms with E-state index in [-0.39, 0.29) is 5.95 Å². The molecule has 2 aliphatic heterocycles. The average Bonchev–Trinajstić information content (AvgIpc) is 2.87. The van der Waals surface area contributed by atoms with E-state index >= 15 is 0 Å². The van der Waals surface area contributed by atoms with Gasteiger partial charge in [-0.1, -0.05) is 0 Å². The van der Waals surface area contributed by atoms with Crippen LogP contribution in [0.4, 0.5) is 30.8 Å². The third kappa shape index (κ3) is 4.98. The van der Waals surface area contributed by atoms with Crippen LogP contribution >= 0.6 is 0 Å². The van der Waals surface area contributed by atoms with Crippen molar-refractivity contribution in [1.82, 2.24) is 19.9 Å². The van der Waals surface area contributed by atoms with Crippen molar-refractivity contribution in [3.8, 4) is 0 Å². The Morgan fingerprint density at radius 1 is 1.00 bits per heavy atom. The van der Waals surface area contributed by atoms with Gasteiger partial charge < -0.3 is 19.9 Å². The van der Waals surface area contributed by atoms with Crippen molar-refractivity contribution in [3.63, 3.8) is 0 Å². The van der Waals surface area contributed by atoms with Gasteiger partial charge in [0.25, 0.3) is 0 Å². The molecule has 5 heterocycles. The van der Waals surface area contributed by atoms with E-state index in [1.54, 1.807) is 6.20 Å². The predicted molar refractivity (Wildman–Crippen MR) is 123 cm³/mol. The van der Waals surface area contributed by atoms with E-state index < -0.39 is 11.7 Å². The number of fused-ring (bicyclic) bond motifs is 1. The number of hydrogen-bond acceptors (Lipinski definition) is 8. The molecule has 0 bridgehead atoms. The number of alkyl halides is 3. The standard InChI is InChI=1S/C23H26F3N7O/c24-23(25,26)17-14-29-22(30-15-17)28-13-16-3-6-33(7-4-16)21-18-2-1-5-27-19(18)12-20(31-21)32-8-10-34-11-9-32/h1-2,5,12,14-16H,3-4,6-11,13H2,(H,28,29,30). The second-order valence-corrected chi connectivity index (χ2v) is 8.58. The molecular formula is C23H26F3N7O. The second-order valence-electron chi connectivity index (χ2n) is 8.58. The fourth-order valence-electron chi connectivity index (χ4n) is 4.39. The Morgan fingerprint density at radius 2 is 1.74 bits per heavy atom. The molecule has 3 aromatic heterocycles. The lowest BCUT2D eigenvalue weighted by Gasteiger charge is -2.34. The van der Waals surface area contributed by atoms with Gasteiger partial charge in [-0.2, -0.15) is 13.2 Å². The monoisotopic (exact) mass is 473 g/mol. The summed E-state index contributed by atoms with van der Waals surface area (Å²) in [6.07, 6.45) is 0.848. The lowest BCUT2D eigenvalue weighted by molar-refractivity contribution is -0.138. The average molecular weight is 474 g/mol. The molecule has 0 unspecified atom stereocenters. The van der Waals surface area contributed by atoms with Gasteiger partial charge >= 0.3 is 6.18 Å². The number of nitrogens with zero attached hydrogens (tertiary/aromatic N) is 6. The van der Waals surface area contributed by atoms with Crippen molar-refractivity contribution in [3.05, 3.63) is 42.4 Å². The minimum atomic E-state index is -4.43. The highest BCUT2D eigenvalue weighted by atomic mass is 19.4. The van der Waals surface area contributed by atoms with Crippen molar-refractivity contribution in [2.45, 2.75) is 19.0 Å². The molecule has 0 aromatic carbocycles. The topological polar surface area (TPSA) is 79.3 Å². The maximum absolute atomic E-state index is 12.7. The summed E-state index contributed by atoms with van der Waals surface area (Å²) in [5.41, 5.74) is 0.0807. The van der Waals surface area contributed by atoms with Crippen LogP contribution in [0.5, 0.6) is 0 Å². The van der Waals surface area contributed by atoms with E-state index in [1.807, 2.05) is 12.1 Å². The van der Waals surface area contributed by atoms with Gasteiger partial charge in [-0.05, 0) is 30.9 Å². The first kappa shape index (κ1) is 22.6. The van der Waals surface area contributed by atoms with E-state index in [9.17, 15) is 13.2 Å². The van der Waals surface area contributed by atoms with Gasteiger partial charge in [0.1, 0.15) is 11.6 Å².